The fourth-order valence-electron chi connectivity index (χ4n) is 3.80. The van der Waals surface area contributed by atoms with Crippen LogP contribution in [-0.2, 0) is 25.6 Å². The molecular formula is C23H36N2O6. The van der Waals surface area contributed by atoms with Crippen LogP contribution in [0.25, 0.3) is 0 Å². The van der Waals surface area contributed by atoms with Crippen LogP contribution in [0.1, 0.15) is 71.4 Å². The average molecular weight is 437 g/mol. The van der Waals surface area contributed by atoms with Crippen LogP contribution < -0.4 is 14.8 Å². The fraction of sp³-hybridized carbons (Fsp3) is 0.696. The van der Waals surface area contributed by atoms with E-state index in [1.807, 2.05) is 6.92 Å². The summed E-state index contributed by atoms with van der Waals surface area (Å²) in [5, 5.41) is 3.27. The molecule has 0 aliphatic carbocycles. The third-order valence-electron chi connectivity index (χ3n) is 5.64. The van der Waals surface area contributed by atoms with E-state index in [0.717, 1.165) is 38.5 Å². The summed E-state index contributed by atoms with van der Waals surface area (Å²) in [5.41, 5.74) is 0.563. The molecule has 0 saturated carbocycles. The quantitative estimate of drug-likeness (QED) is 0.437. The van der Waals surface area contributed by atoms with Gasteiger partial charge < -0.3 is 18.9 Å². The zero-order valence-electron chi connectivity index (χ0n) is 19.1. The van der Waals surface area contributed by atoms with E-state index in [-0.39, 0.29) is 18.9 Å². The second kappa shape index (κ2) is 13.1. The molecule has 1 fully saturated rings. The monoisotopic (exact) mass is 436 g/mol. The Kier molecular flexibility index (Phi) is 10.6. The summed E-state index contributed by atoms with van der Waals surface area (Å²) >= 11 is 0. The van der Waals surface area contributed by atoms with Crippen molar-refractivity contribution in [3.8, 4) is 11.5 Å². The first-order chi connectivity index (χ1) is 15.0. The third-order valence-corrected chi connectivity index (χ3v) is 5.64. The van der Waals surface area contributed by atoms with Crippen molar-refractivity contribution in [2.75, 3.05) is 13.9 Å². The number of esters is 2. The van der Waals surface area contributed by atoms with Crippen molar-refractivity contribution >= 4 is 11.9 Å². The Morgan fingerprint density at radius 2 is 2.10 bits per heavy atom. The number of rotatable bonds is 10. The maximum atomic E-state index is 12.8. The van der Waals surface area contributed by atoms with Crippen LogP contribution in [0.3, 0.4) is 0 Å². The van der Waals surface area contributed by atoms with Crippen molar-refractivity contribution < 1.29 is 28.5 Å². The molecule has 31 heavy (non-hydrogen) atoms. The average Bonchev–Trinajstić information content (AvgIpc) is 2.80. The van der Waals surface area contributed by atoms with Gasteiger partial charge in [0.2, 0.25) is 6.79 Å². The molecular weight excluding hydrogens is 400 g/mol. The zero-order valence-corrected chi connectivity index (χ0v) is 19.1. The molecule has 8 nitrogen and oxygen atoms in total. The molecule has 0 unspecified atom stereocenters. The number of nitrogens with zero attached hydrogens (tertiary/aromatic N) is 1. The Bertz CT molecular complexity index is 711. The van der Waals surface area contributed by atoms with E-state index in [0.29, 0.717) is 36.1 Å². The van der Waals surface area contributed by atoms with E-state index in [1.165, 1.54) is 14.0 Å². The van der Waals surface area contributed by atoms with E-state index >= 15 is 0 Å². The molecule has 8 heteroatoms. The summed E-state index contributed by atoms with van der Waals surface area (Å²) in [7, 11) is 1.53. The zero-order chi connectivity index (χ0) is 22.6. The predicted molar refractivity (Wildman–Crippen MR) is 116 cm³/mol. The van der Waals surface area contributed by atoms with Gasteiger partial charge in [-0.05, 0) is 32.1 Å². The number of hydrogen-bond donors (Lipinski definition) is 1. The number of unbranched alkanes of at least 4 members (excludes halogenated alkanes) is 1. The molecule has 3 atom stereocenters. The van der Waals surface area contributed by atoms with Gasteiger partial charge in [0.15, 0.2) is 11.5 Å². The lowest BCUT2D eigenvalue weighted by Crippen LogP contribution is -2.39. The standard InChI is InChI=1S/C23H36N2O6/c1-5-6-9-18-10-7-8-11-19(23(27)31-16(18)2)25-14-20-22(30-15-29-17(3)26)21(28-4)12-13-24-20/h12-13,16,18-19,25H,5-11,14-15H2,1-4H3/t16-,18+,19-/m0/s1. The third kappa shape index (κ3) is 8.01. The van der Waals surface area contributed by atoms with Gasteiger partial charge in [-0.2, -0.15) is 0 Å². The molecule has 1 saturated heterocycles. The number of carbonyl (C=O) groups excluding carboxylic acids is 2. The number of pyridine rings is 1. The number of carbonyl (C=O) groups is 2. The van der Waals surface area contributed by atoms with Crippen LogP contribution >= 0.6 is 0 Å². The van der Waals surface area contributed by atoms with Gasteiger partial charge in [0.1, 0.15) is 17.8 Å². The maximum Gasteiger partial charge on any atom is 0.323 e. The van der Waals surface area contributed by atoms with E-state index in [1.54, 1.807) is 12.3 Å². The molecule has 0 aromatic carbocycles. The summed E-state index contributed by atoms with van der Waals surface area (Å²) in [4.78, 5) is 28.2. The van der Waals surface area contributed by atoms with E-state index in [9.17, 15) is 9.59 Å². The Hall–Kier alpha value is -2.35. The molecule has 0 spiro atoms. The first-order valence-corrected chi connectivity index (χ1v) is 11.2. The first kappa shape index (κ1) is 24.9. The van der Waals surface area contributed by atoms with E-state index in [4.69, 9.17) is 18.9 Å². The van der Waals surface area contributed by atoms with Crippen LogP contribution in [0.15, 0.2) is 12.3 Å². The minimum absolute atomic E-state index is 0.0842. The van der Waals surface area contributed by atoms with Gasteiger partial charge >= 0.3 is 11.9 Å². The van der Waals surface area contributed by atoms with Crippen LogP contribution in [0, 0.1) is 5.92 Å². The second-order valence-corrected chi connectivity index (χ2v) is 7.95. The molecule has 0 bridgehead atoms. The molecule has 1 aromatic rings. The number of nitrogens with one attached hydrogen (secondary N) is 1. The number of hydrogen-bond acceptors (Lipinski definition) is 8. The largest absolute Gasteiger partial charge is 0.493 e. The molecule has 1 aromatic heterocycles. The SMILES string of the molecule is CCCC[C@@H]1CCCC[C@H](NCc2nccc(OC)c2OCOC(C)=O)C(=O)O[C@H]1C. The highest BCUT2D eigenvalue weighted by Gasteiger charge is 2.28. The predicted octanol–water partition coefficient (Wildman–Crippen LogP) is 3.76. The Morgan fingerprint density at radius 3 is 2.81 bits per heavy atom. The van der Waals surface area contributed by atoms with E-state index in [2.05, 4.69) is 17.2 Å². The normalized spacial score (nSPS) is 21.9. The van der Waals surface area contributed by atoms with Crippen molar-refractivity contribution in [1.29, 1.82) is 0 Å². The summed E-state index contributed by atoms with van der Waals surface area (Å²) in [5.74, 6) is 0.610. The van der Waals surface area contributed by atoms with Crippen molar-refractivity contribution in [1.82, 2.24) is 10.3 Å². The highest BCUT2D eigenvalue weighted by Crippen LogP contribution is 2.30. The second-order valence-electron chi connectivity index (χ2n) is 7.95. The van der Waals surface area contributed by atoms with Crippen molar-refractivity contribution in [2.45, 2.75) is 84.4 Å². The van der Waals surface area contributed by atoms with Gasteiger partial charge in [-0.3, -0.25) is 19.9 Å². The van der Waals surface area contributed by atoms with Gasteiger partial charge in [-0.15, -0.1) is 0 Å². The minimum Gasteiger partial charge on any atom is -0.493 e. The first-order valence-electron chi connectivity index (χ1n) is 11.2. The number of aromatic nitrogens is 1. The lowest BCUT2D eigenvalue weighted by atomic mass is 9.91. The van der Waals surface area contributed by atoms with Crippen LogP contribution in [0.4, 0.5) is 0 Å². The van der Waals surface area contributed by atoms with Crippen LogP contribution in [0.2, 0.25) is 0 Å². The molecule has 1 N–H and O–H groups in total. The molecule has 0 radical (unpaired) electrons. The number of ether oxygens (including phenoxy) is 4. The number of methoxy groups -OCH3 is 1. The van der Waals surface area contributed by atoms with Crippen molar-refractivity contribution in [2.24, 2.45) is 5.92 Å². The van der Waals surface area contributed by atoms with Crippen LogP contribution in [-0.4, -0.2) is 43.0 Å². The van der Waals surface area contributed by atoms with Gasteiger partial charge in [0.25, 0.3) is 0 Å². The van der Waals surface area contributed by atoms with Gasteiger partial charge in [-0.25, -0.2) is 0 Å². The van der Waals surface area contributed by atoms with Crippen molar-refractivity contribution in [3.05, 3.63) is 18.0 Å². The highest BCUT2D eigenvalue weighted by molar-refractivity contribution is 5.76. The maximum absolute atomic E-state index is 12.8. The Balaban J connectivity index is 2.03. The molecule has 2 rings (SSSR count). The smallest absolute Gasteiger partial charge is 0.323 e. The summed E-state index contributed by atoms with van der Waals surface area (Å²) < 4.78 is 21.6. The molecule has 174 valence electrons. The fourth-order valence-corrected chi connectivity index (χ4v) is 3.80. The topological polar surface area (TPSA) is 96.0 Å². The molecule has 0 amide bonds. The van der Waals surface area contributed by atoms with Crippen LogP contribution in [0.5, 0.6) is 11.5 Å². The summed E-state index contributed by atoms with van der Waals surface area (Å²) in [6, 6.07) is 1.25. The van der Waals surface area contributed by atoms with Gasteiger partial charge in [0.05, 0.1) is 7.11 Å². The lowest BCUT2D eigenvalue weighted by molar-refractivity contribution is -0.153. The molecule has 1 aliphatic heterocycles. The highest BCUT2D eigenvalue weighted by atomic mass is 16.7. The Labute approximate surface area is 185 Å². The van der Waals surface area contributed by atoms with Gasteiger partial charge in [-0.1, -0.05) is 32.6 Å². The number of cyclic esters (lactones) is 1. The van der Waals surface area contributed by atoms with Gasteiger partial charge in [0, 0.05) is 25.7 Å². The molecule has 2 heterocycles. The molecule has 1 aliphatic rings. The lowest BCUT2D eigenvalue weighted by Gasteiger charge is -2.24. The minimum atomic E-state index is -0.442. The van der Waals surface area contributed by atoms with Crippen molar-refractivity contribution in [3.63, 3.8) is 0 Å². The van der Waals surface area contributed by atoms with E-state index < -0.39 is 12.0 Å². The summed E-state index contributed by atoms with van der Waals surface area (Å²) in [6.07, 6.45) is 8.77. The Morgan fingerprint density at radius 1 is 1.32 bits per heavy atom. The summed E-state index contributed by atoms with van der Waals surface area (Å²) in [6.45, 7) is 5.54.